The summed E-state index contributed by atoms with van der Waals surface area (Å²) >= 11 is 0. The lowest BCUT2D eigenvalue weighted by molar-refractivity contribution is -0.120. The lowest BCUT2D eigenvalue weighted by Gasteiger charge is -2.07. The van der Waals surface area contributed by atoms with Gasteiger partial charge in [-0.2, -0.15) is 0 Å². The zero-order valence-electron chi connectivity index (χ0n) is 12.3. The van der Waals surface area contributed by atoms with Crippen LogP contribution in [0.5, 0.6) is 5.75 Å². The van der Waals surface area contributed by atoms with Crippen LogP contribution in [0.1, 0.15) is 18.9 Å². The number of hydrogen-bond donors (Lipinski definition) is 3. The minimum Gasteiger partial charge on any atom is -0.445 e. The maximum absolute atomic E-state index is 11.5. The minimum atomic E-state index is -0.855. The highest BCUT2D eigenvalue weighted by molar-refractivity contribution is 5.77. The Hall–Kier alpha value is -2.77. The molecule has 8 nitrogen and oxygen atoms in total. The molecule has 8 heteroatoms. The molecule has 0 spiro atoms. The molecular formula is C14H19N3O5. The fourth-order valence-electron chi connectivity index (χ4n) is 1.51. The molecule has 1 rings (SSSR count). The molecule has 0 aliphatic heterocycles. The standard InChI is InChI=1S/C14H19N3O5/c1-2-16-12(18)7-8-17-14(20)22-11-5-3-10(4-6-11)9-21-13(15)19/h3-6H,2,7-9H2,1H3,(H2,15,19)(H,16,18)(H,17,20). The van der Waals surface area contributed by atoms with Gasteiger partial charge in [0, 0.05) is 19.5 Å². The van der Waals surface area contributed by atoms with E-state index in [-0.39, 0.29) is 25.5 Å². The van der Waals surface area contributed by atoms with Crippen molar-refractivity contribution in [2.45, 2.75) is 20.0 Å². The molecule has 3 amide bonds. The summed E-state index contributed by atoms with van der Waals surface area (Å²) < 4.78 is 9.65. The Morgan fingerprint density at radius 1 is 1.14 bits per heavy atom. The van der Waals surface area contributed by atoms with Crippen molar-refractivity contribution in [1.82, 2.24) is 10.6 Å². The van der Waals surface area contributed by atoms with E-state index < -0.39 is 12.2 Å². The van der Waals surface area contributed by atoms with Crippen molar-refractivity contribution in [3.05, 3.63) is 29.8 Å². The van der Waals surface area contributed by atoms with E-state index in [1.165, 1.54) is 0 Å². The first-order chi connectivity index (χ1) is 10.5. The zero-order valence-corrected chi connectivity index (χ0v) is 12.3. The smallest absolute Gasteiger partial charge is 0.412 e. The summed E-state index contributed by atoms with van der Waals surface area (Å²) in [5.41, 5.74) is 5.57. The number of amides is 3. The molecule has 0 heterocycles. The second-order valence-electron chi connectivity index (χ2n) is 4.27. The van der Waals surface area contributed by atoms with Crippen molar-refractivity contribution in [2.75, 3.05) is 13.1 Å². The summed E-state index contributed by atoms with van der Waals surface area (Å²) in [7, 11) is 0. The van der Waals surface area contributed by atoms with Crippen LogP contribution in [0.2, 0.25) is 0 Å². The molecule has 0 aliphatic carbocycles. The van der Waals surface area contributed by atoms with Gasteiger partial charge in [0.15, 0.2) is 0 Å². The Kier molecular flexibility index (Phi) is 7.24. The zero-order chi connectivity index (χ0) is 16.4. The van der Waals surface area contributed by atoms with Gasteiger partial charge in [0.05, 0.1) is 0 Å². The summed E-state index contributed by atoms with van der Waals surface area (Å²) in [6, 6.07) is 6.40. The van der Waals surface area contributed by atoms with Crippen LogP contribution in [0.3, 0.4) is 0 Å². The molecule has 0 saturated heterocycles. The Morgan fingerprint density at radius 3 is 2.41 bits per heavy atom. The lowest BCUT2D eigenvalue weighted by Crippen LogP contribution is -2.32. The largest absolute Gasteiger partial charge is 0.445 e. The van der Waals surface area contributed by atoms with Gasteiger partial charge in [0.1, 0.15) is 12.4 Å². The average Bonchev–Trinajstić information content (AvgIpc) is 2.46. The summed E-state index contributed by atoms with van der Waals surface area (Å²) in [5, 5.41) is 5.09. The van der Waals surface area contributed by atoms with E-state index in [9.17, 15) is 14.4 Å². The Morgan fingerprint density at radius 2 is 1.82 bits per heavy atom. The Labute approximate surface area is 128 Å². The number of ether oxygens (including phenoxy) is 2. The molecule has 120 valence electrons. The average molecular weight is 309 g/mol. The van der Waals surface area contributed by atoms with Gasteiger partial charge < -0.3 is 25.8 Å². The van der Waals surface area contributed by atoms with Crippen molar-refractivity contribution >= 4 is 18.1 Å². The van der Waals surface area contributed by atoms with Gasteiger partial charge >= 0.3 is 12.2 Å². The van der Waals surface area contributed by atoms with Crippen LogP contribution in [-0.4, -0.2) is 31.2 Å². The van der Waals surface area contributed by atoms with Crippen LogP contribution in [0.15, 0.2) is 24.3 Å². The van der Waals surface area contributed by atoms with Gasteiger partial charge in [0.2, 0.25) is 5.91 Å². The molecule has 0 aromatic heterocycles. The maximum Gasteiger partial charge on any atom is 0.412 e. The fourth-order valence-corrected chi connectivity index (χ4v) is 1.51. The number of carbonyl (C=O) groups is 3. The third kappa shape index (κ3) is 7.13. The molecule has 0 bridgehead atoms. The first kappa shape index (κ1) is 17.3. The fraction of sp³-hybridized carbons (Fsp3) is 0.357. The molecule has 1 aromatic carbocycles. The topological polar surface area (TPSA) is 120 Å². The molecular weight excluding hydrogens is 290 g/mol. The van der Waals surface area contributed by atoms with Crippen molar-refractivity contribution in [3.8, 4) is 5.75 Å². The molecule has 0 radical (unpaired) electrons. The lowest BCUT2D eigenvalue weighted by atomic mass is 10.2. The summed E-state index contributed by atoms with van der Waals surface area (Å²) in [5.74, 6) is 0.194. The number of nitrogens with two attached hydrogens (primary N) is 1. The number of hydrogen-bond acceptors (Lipinski definition) is 5. The van der Waals surface area contributed by atoms with E-state index in [2.05, 4.69) is 15.4 Å². The highest BCUT2D eigenvalue weighted by Gasteiger charge is 2.06. The normalized spacial score (nSPS) is 9.68. The highest BCUT2D eigenvalue weighted by atomic mass is 16.6. The summed E-state index contributed by atoms with van der Waals surface area (Å²) in [6.07, 6.45) is -1.32. The SMILES string of the molecule is CCNC(=O)CCNC(=O)Oc1ccc(COC(N)=O)cc1. The Bertz CT molecular complexity index is 516. The van der Waals surface area contributed by atoms with E-state index in [0.29, 0.717) is 17.9 Å². The van der Waals surface area contributed by atoms with Crippen molar-refractivity contribution in [1.29, 1.82) is 0 Å². The second-order valence-corrected chi connectivity index (χ2v) is 4.27. The van der Waals surface area contributed by atoms with Crippen LogP contribution < -0.4 is 21.1 Å². The Balaban J connectivity index is 2.32. The monoisotopic (exact) mass is 309 g/mol. The van der Waals surface area contributed by atoms with E-state index in [0.717, 1.165) is 0 Å². The van der Waals surface area contributed by atoms with Gasteiger partial charge in [-0.05, 0) is 24.6 Å². The van der Waals surface area contributed by atoms with Crippen LogP contribution in [0.4, 0.5) is 9.59 Å². The number of carbonyl (C=O) groups excluding carboxylic acids is 3. The number of rotatable bonds is 7. The minimum absolute atomic E-state index is 0.0500. The molecule has 4 N–H and O–H groups in total. The van der Waals surface area contributed by atoms with E-state index in [1.807, 2.05) is 6.92 Å². The van der Waals surface area contributed by atoms with E-state index in [4.69, 9.17) is 10.5 Å². The van der Waals surface area contributed by atoms with Crippen molar-refractivity contribution < 1.29 is 23.9 Å². The van der Waals surface area contributed by atoms with Crippen LogP contribution in [0, 0.1) is 0 Å². The molecule has 0 saturated carbocycles. The predicted octanol–water partition coefficient (Wildman–Crippen LogP) is 0.896. The van der Waals surface area contributed by atoms with Gasteiger partial charge in [-0.3, -0.25) is 4.79 Å². The second kappa shape index (κ2) is 9.22. The van der Waals surface area contributed by atoms with E-state index >= 15 is 0 Å². The highest BCUT2D eigenvalue weighted by Crippen LogP contribution is 2.13. The van der Waals surface area contributed by atoms with Crippen LogP contribution in [-0.2, 0) is 16.1 Å². The molecule has 0 atom stereocenters. The van der Waals surface area contributed by atoms with Crippen molar-refractivity contribution in [3.63, 3.8) is 0 Å². The van der Waals surface area contributed by atoms with E-state index in [1.54, 1.807) is 24.3 Å². The molecule has 0 unspecified atom stereocenters. The van der Waals surface area contributed by atoms with Crippen molar-refractivity contribution in [2.24, 2.45) is 5.73 Å². The molecule has 1 aromatic rings. The van der Waals surface area contributed by atoms with Gasteiger partial charge in [-0.25, -0.2) is 9.59 Å². The first-order valence-electron chi connectivity index (χ1n) is 6.74. The van der Waals surface area contributed by atoms with Gasteiger partial charge in [0.25, 0.3) is 0 Å². The van der Waals surface area contributed by atoms with Gasteiger partial charge in [-0.15, -0.1) is 0 Å². The third-order valence-electron chi connectivity index (χ3n) is 2.51. The predicted molar refractivity (Wildman–Crippen MR) is 78.1 cm³/mol. The quantitative estimate of drug-likeness (QED) is 0.691. The summed E-state index contributed by atoms with van der Waals surface area (Å²) in [4.78, 5) is 33.2. The van der Waals surface area contributed by atoms with Crippen LogP contribution in [0.25, 0.3) is 0 Å². The molecule has 22 heavy (non-hydrogen) atoms. The summed E-state index contributed by atoms with van der Waals surface area (Å²) in [6.45, 7) is 2.61. The molecule has 0 fully saturated rings. The third-order valence-corrected chi connectivity index (χ3v) is 2.51. The molecule has 0 aliphatic rings. The number of primary amides is 1. The first-order valence-corrected chi connectivity index (χ1v) is 6.74. The maximum atomic E-state index is 11.5. The van der Waals surface area contributed by atoms with Gasteiger partial charge in [-0.1, -0.05) is 12.1 Å². The number of benzene rings is 1. The number of nitrogens with one attached hydrogen (secondary N) is 2. The van der Waals surface area contributed by atoms with Crippen LogP contribution >= 0.6 is 0 Å².